The summed E-state index contributed by atoms with van der Waals surface area (Å²) in [5, 5.41) is 11.8. The van der Waals surface area contributed by atoms with Gasteiger partial charge < -0.3 is 5.32 Å². The van der Waals surface area contributed by atoms with Gasteiger partial charge in [-0.1, -0.05) is 48.5 Å². The van der Waals surface area contributed by atoms with E-state index < -0.39 is 0 Å². The molecule has 1 atom stereocenters. The van der Waals surface area contributed by atoms with Crippen molar-refractivity contribution in [2.75, 3.05) is 5.32 Å². The quantitative estimate of drug-likeness (QED) is 0.572. The van der Waals surface area contributed by atoms with Crippen molar-refractivity contribution >= 4 is 11.6 Å². The van der Waals surface area contributed by atoms with Gasteiger partial charge in [-0.3, -0.25) is 4.57 Å². The third kappa shape index (κ3) is 1.54. The fraction of sp³-hybridized carbons (Fsp3) is 0.125. The van der Waals surface area contributed by atoms with Gasteiger partial charge in [0.1, 0.15) is 5.82 Å². The summed E-state index contributed by atoms with van der Waals surface area (Å²) in [7, 11) is 0. The van der Waals surface area contributed by atoms with Gasteiger partial charge in [-0.2, -0.15) is 0 Å². The number of benzene rings is 2. The highest BCUT2D eigenvalue weighted by Gasteiger charge is 2.28. The van der Waals surface area contributed by atoms with Crippen molar-refractivity contribution in [3.05, 3.63) is 71.5 Å². The van der Waals surface area contributed by atoms with Crippen LogP contribution in [0, 0.1) is 6.92 Å². The van der Waals surface area contributed by atoms with E-state index in [4.69, 9.17) is 0 Å². The second-order valence-corrected chi connectivity index (χ2v) is 4.97. The topological polar surface area (TPSA) is 42.7 Å². The van der Waals surface area contributed by atoms with Gasteiger partial charge in [0.2, 0.25) is 5.95 Å². The molecule has 1 aliphatic heterocycles. The second kappa shape index (κ2) is 4.20. The first-order chi connectivity index (χ1) is 9.84. The summed E-state index contributed by atoms with van der Waals surface area (Å²) in [6, 6.07) is 18.9. The summed E-state index contributed by atoms with van der Waals surface area (Å²) in [5.41, 5.74) is 3.58. The SMILES string of the molecule is Cc1nnc2n1[C@@H](c1ccccc1)c1ccccc1N2. The summed E-state index contributed by atoms with van der Waals surface area (Å²) >= 11 is 0. The molecule has 0 aliphatic carbocycles. The maximum absolute atomic E-state index is 4.23. The summed E-state index contributed by atoms with van der Waals surface area (Å²) in [5.74, 6) is 1.71. The fourth-order valence-corrected chi connectivity index (χ4v) is 2.84. The minimum absolute atomic E-state index is 0.124. The van der Waals surface area contributed by atoms with E-state index in [2.05, 4.69) is 62.5 Å². The van der Waals surface area contributed by atoms with E-state index in [-0.39, 0.29) is 6.04 Å². The number of rotatable bonds is 1. The number of aryl methyl sites for hydroxylation is 1. The standard InChI is InChI=1S/C16H14N4/c1-11-18-19-16-17-14-10-6-5-9-13(14)15(20(11)16)12-7-3-2-4-8-12/h2-10,15H,1H3,(H,17,19)/t15-/m0/s1. The zero-order valence-corrected chi connectivity index (χ0v) is 11.1. The molecule has 3 aromatic rings. The first kappa shape index (κ1) is 11.2. The van der Waals surface area contributed by atoms with Crippen LogP contribution in [0.2, 0.25) is 0 Å². The molecule has 0 fully saturated rings. The molecule has 2 heterocycles. The number of hydrogen-bond acceptors (Lipinski definition) is 3. The Morgan fingerprint density at radius 1 is 0.950 bits per heavy atom. The summed E-state index contributed by atoms with van der Waals surface area (Å²) in [4.78, 5) is 0. The molecular weight excluding hydrogens is 248 g/mol. The summed E-state index contributed by atoms with van der Waals surface area (Å²) in [6.07, 6.45) is 0. The lowest BCUT2D eigenvalue weighted by molar-refractivity contribution is 0.651. The summed E-state index contributed by atoms with van der Waals surface area (Å²) in [6.45, 7) is 1.99. The minimum Gasteiger partial charge on any atom is -0.324 e. The Morgan fingerprint density at radius 3 is 2.55 bits per heavy atom. The Hall–Kier alpha value is -2.62. The molecule has 0 bridgehead atoms. The van der Waals surface area contributed by atoms with Crippen molar-refractivity contribution in [3.63, 3.8) is 0 Å². The van der Waals surface area contributed by atoms with Crippen molar-refractivity contribution in [2.45, 2.75) is 13.0 Å². The van der Waals surface area contributed by atoms with Crippen molar-refractivity contribution in [1.82, 2.24) is 14.8 Å². The Bertz CT molecular complexity index is 761. The molecule has 0 saturated heterocycles. The van der Waals surface area contributed by atoms with Crippen LogP contribution in [0.15, 0.2) is 54.6 Å². The first-order valence-corrected chi connectivity index (χ1v) is 6.67. The molecule has 4 heteroatoms. The molecule has 1 N–H and O–H groups in total. The lowest BCUT2D eigenvalue weighted by Gasteiger charge is -2.29. The molecule has 0 unspecified atom stereocenters. The Kier molecular flexibility index (Phi) is 2.36. The van der Waals surface area contributed by atoms with E-state index in [1.165, 1.54) is 11.1 Å². The molecule has 1 aromatic heterocycles. The number of para-hydroxylation sites is 1. The van der Waals surface area contributed by atoms with E-state index >= 15 is 0 Å². The smallest absolute Gasteiger partial charge is 0.229 e. The number of fused-ring (bicyclic) bond motifs is 2. The van der Waals surface area contributed by atoms with Crippen LogP contribution in [0.4, 0.5) is 11.6 Å². The van der Waals surface area contributed by atoms with Gasteiger partial charge in [-0.15, -0.1) is 10.2 Å². The number of aromatic nitrogens is 3. The van der Waals surface area contributed by atoms with Gasteiger partial charge in [-0.25, -0.2) is 0 Å². The Balaban J connectivity index is 1.99. The van der Waals surface area contributed by atoms with Crippen LogP contribution in [-0.4, -0.2) is 14.8 Å². The molecule has 0 saturated carbocycles. The molecule has 0 amide bonds. The third-order valence-corrected chi connectivity index (χ3v) is 3.74. The van der Waals surface area contributed by atoms with Gasteiger partial charge in [-0.05, 0) is 18.6 Å². The molecule has 2 aromatic carbocycles. The Labute approximate surface area is 117 Å². The first-order valence-electron chi connectivity index (χ1n) is 6.67. The fourth-order valence-electron chi connectivity index (χ4n) is 2.84. The van der Waals surface area contributed by atoms with Crippen LogP contribution in [0.5, 0.6) is 0 Å². The van der Waals surface area contributed by atoms with Crippen molar-refractivity contribution in [3.8, 4) is 0 Å². The lowest BCUT2D eigenvalue weighted by atomic mass is 9.95. The second-order valence-electron chi connectivity index (χ2n) is 4.97. The number of nitrogens with one attached hydrogen (secondary N) is 1. The molecule has 4 rings (SSSR count). The van der Waals surface area contributed by atoms with E-state index in [0.29, 0.717) is 0 Å². The molecule has 0 spiro atoms. The van der Waals surface area contributed by atoms with Gasteiger partial charge in [0, 0.05) is 11.3 Å². The predicted octanol–water partition coefficient (Wildman–Crippen LogP) is 3.28. The Morgan fingerprint density at radius 2 is 1.70 bits per heavy atom. The number of nitrogens with zero attached hydrogens (tertiary/aromatic N) is 3. The van der Waals surface area contributed by atoms with Crippen LogP contribution in [0.25, 0.3) is 0 Å². The van der Waals surface area contributed by atoms with Crippen LogP contribution >= 0.6 is 0 Å². The van der Waals surface area contributed by atoms with E-state index in [0.717, 1.165) is 17.5 Å². The van der Waals surface area contributed by atoms with Crippen LogP contribution in [0.3, 0.4) is 0 Å². The van der Waals surface area contributed by atoms with Crippen LogP contribution < -0.4 is 5.32 Å². The summed E-state index contributed by atoms with van der Waals surface area (Å²) < 4.78 is 2.15. The average Bonchev–Trinajstić information content (AvgIpc) is 2.87. The highest BCUT2D eigenvalue weighted by atomic mass is 15.4. The highest BCUT2D eigenvalue weighted by molar-refractivity contribution is 5.65. The lowest BCUT2D eigenvalue weighted by Crippen LogP contribution is -2.21. The minimum atomic E-state index is 0.124. The maximum atomic E-state index is 4.23. The van der Waals surface area contributed by atoms with E-state index in [1.54, 1.807) is 0 Å². The number of anilines is 2. The van der Waals surface area contributed by atoms with Gasteiger partial charge in [0.25, 0.3) is 0 Å². The average molecular weight is 262 g/mol. The van der Waals surface area contributed by atoms with Gasteiger partial charge in [0.05, 0.1) is 6.04 Å². The van der Waals surface area contributed by atoms with Gasteiger partial charge >= 0.3 is 0 Å². The molecule has 20 heavy (non-hydrogen) atoms. The van der Waals surface area contributed by atoms with Crippen molar-refractivity contribution in [1.29, 1.82) is 0 Å². The van der Waals surface area contributed by atoms with Crippen molar-refractivity contribution in [2.24, 2.45) is 0 Å². The van der Waals surface area contributed by atoms with Crippen LogP contribution in [0.1, 0.15) is 23.0 Å². The molecule has 0 radical (unpaired) electrons. The monoisotopic (exact) mass is 262 g/mol. The molecule has 1 aliphatic rings. The van der Waals surface area contributed by atoms with E-state index in [9.17, 15) is 0 Å². The highest BCUT2D eigenvalue weighted by Crippen LogP contribution is 2.39. The predicted molar refractivity (Wildman–Crippen MR) is 78.2 cm³/mol. The number of hydrogen-bond donors (Lipinski definition) is 1. The van der Waals surface area contributed by atoms with E-state index in [1.807, 2.05) is 19.1 Å². The third-order valence-electron chi connectivity index (χ3n) is 3.74. The largest absolute Gasteiger partial charge is 0.324 e. The zero-order valence-electron chi connectivity index (χ0n) is 11.1. The van der Waals surface area contributed by atoms with Crippen molar-refractivity contribution < 1.29 is 0 Å². The zero-order chi connectivity index (χ0) is 13.5. The molecule has 4 nitrogen and oxygen atoms in total. The normalized spacial score (nSPS) is 16.1. The molecular formula is C16H14N4. The maximum Gasteiger partial charge on any atom is 0.229 e. The molecule has 98 valence electrons. The van der Waals surface area contributed by atoms with Crippen LogP contribution in [-0.2, 0) is 0 Å². The van der Waals surface area contributed by atoms with Gasteiger partial charge in [0.15, 0.2) is 0 Å².